The number of methoxy groups -OCH3 is 1. The third-order valence-corrected chi connectivity index (χ3v) is 4.21. The Bertz CT molecular complexity index is 946. The van der Waals surface area contributed by atoms with Crippen LogP contribution in [0, 0.1) is 0 Å². The van der Waals surface area contributed by atoms with Gasteiger partial charge in [-0.1, -0.05) is 0 Å². The molecular weight excluding hydrogens is 294 g/mol. The third kappa shape index (κ3) is 2.03. The summed E-state index contributed by atoms with van der Waals surface area (Å²) in [5.41, 5.74) is 4.17. The Morgan fingerprint density at radius 3 is 2.87 bits per heavy atom. The predicted molar refractivity (Wildman–Crippen MR) is 86.8 cm³/mol. The predicted octanol–water partition coefficient (Wildman–Crippen LogP) is 3.00. The van der Waals surface area contributed by atoms with Gasteiger partial charge in [-0.25, -0.2) is 4.98 Å². The molecule has 1 atom stereocenters. The summed E-state index contributed by atoms with van der Waals surface area (Å²) >= 11 is 0. The maximum absolute atomic E-state index is 11.8. The number of H-pyrrole nitrogens is 1. The molecular formula is C17H15N3O3. The van der Waals surface area contributed by atoms with Gasteiger partial charge in [-0.15, -0.1) is 0 Å². The van der Waals surface area contributed by atoms with Crippen LogP contribution in [0.2, 0.25) is 0 Å². The molecule has 23 heavy (non-hydrogen) atoms. The van der Waals surface area contributed by atoms with Gasteiger partial charge in [0.1, 0.15) is 17.3 Å². The van der Waals surface area contributed by atoms with Crippen LogP contribution in [0.1, 0.15) is 18.4 Å². The van der Waals surface area contributed by atoms with Gasteiger partial charge in [-0.05, 0) is 36.8 Å². The van der Waals surface area contributed by atoms with E-state index in [1.165, 1.54) is 0 Å². The molecule has 0 fully saturated rings. The fourth-order valence-electron chi connectivity index (χ4n) is 2.93. The summed E-state index contributed by atoms with van der Waals surface area (Å²) in [6.45, 7) is 1.88. The molecule has 3 N–H and O–H groups in total. The Hall–Kier alpha value is -3.02. The summed E-state index contributed by atoms with van der Waals surface area (Å²) in [7, 11) is 1.55. The van der Waals surface area contributed by atoms with Crippen molar-refractivity contribution < 1.29 is 14.6 Å². The van der Waals surface area contributed by atoms with Crippen molar-refractivity contribution in [3.8, 4) is 22.9 Å². The zero-order valence-electron chi connectivity index (χ0n) is 12.7. The molecule has 0 saturated carbocycles. The van der Waals surface area contributed by atoms with Crippen LogP contribution in [0.15, 0.2) is 30.3 Å². The molecule has 2 aromatic carbocycles. The number of nitrogens with one attached hydrogen (secondary N) is 2. The van der Waals surface area contributed by atoms with Gasteiger partial charge in [0, 0.05) is 11.8 Å². The highest BCUT2D eigenvalue weighted by Crippen LogP contribution is 2.37. The number of carbonyl (C=O) groups excluding carboxylic acids is 1. The van der Waals surface area contributed by atoms with Gasteiger partial charge < -0.3 is 20.1 Å². The number of carbonyl (C=O) groups is 1. The normalized spacial score (nSPS) is 16.4. The molecule has 0 aliphatic carbocycles. The van der Waals surface area contributed by atoms with Gasteiger partial charge in [0.2, 0.25) is 5.91 Å². The summed E-state index contributed by atoms with van der Waals surface area (Å²) in [5, 5.41) is 12.4. The van der Waals surface area contributed by atoms with E-state index in [0.29, 0.717) is 11.6 Å². The van der Waals surface area contributed by atoms with E-state index in [4.69, 9.17) is 4.74 Å². The maximum atomic E-state index is 11.8. The van der Waals surface area contributed by atoms with Gasteiger partial charge in [-0.2, -0.15) is 0 Å². The van der Waals surface area contributed by atoms with Crippen molar-refractivity contribution in [2.75, 3.05) is 12.4 Å². The number of benzene rings is 2. The first kappa shape index (κ1) is 13.6. The van der Waals surface area contributed by atoms with Crippen molar-refractivity contribution >= 4 is 22.6 Å². The van der Waals surface area contributed by atoms with Gasteiger partial charge in [-0.3, -0.25) is 4.79 Å². The molecule has 6 heteroatoms. The lowest BCUT2D eigenvalue weighted by atomic mass is 10.0. The Labute approximate surface area is 132 Å². The van der Waals surface area contributed by atoms with Crippen LogP contribution in [0.3, 0.4) is 0 Å². The van der Waals surface area contributed by atoms with E-state index in [0.717, 1.165) is 27.8 Å². The van der Waals surface area contributed by atoms with E-state index in [2.05, 4.69) is 15.3 Å². The highest BCUT2D eigenvalue weighted by Gasteiger charge is 2.27. The minimum Gasteiger partial charge on any atom is -0.508 e. The molecule has 4 rings (SSSR count). The molecule has 0 bridgehead atoms. The largest absolute Gasteiger partial charge is 0.508 e. The number of hydrogen-bond acceptors (Lipinski definition) is 4. The number of nitrogens with zero attached hydrogens (tertiary/aromatic N) is 1. The first-order valence-electron chi connectivity index (χ1n) is 7.28. The molecule has 0 radical (unpaired) electrons. The average molecular weight is 309 g/mol. The fourth-order valence-corrected chi connectivity index (χ4v) is 2.93. The molecule has 1 unspecified atom stereocenters. The zero-order chi connectivity index (χ0) is 16.1. The van der Waals surface area contributed by atoms with Crippen LogP contribution >= 0.6 is 0 Å². The molecule has 1 aromatic heterocycles. The van der Waals surface area contributed by atoms with Crippen molar-refractivity contribution in [3.63, 3.8) is 0 Å². The number of ether oxygens (including phenoxy) is 1. The molecule has 6 nitrogen and oxygen atoms in total. The molecule has 1 amide bonds. The second-order valence-corrected chi connectivity index (χ2v) is 5.64. The molecule has 3 aromatic rings. The third-order valence-electron chi connectivity index (χ3n) is 4.21. The van der Waals surface area contributed by atoms with E-state index in [1.807, 2.05) is 19.1 Å². The number of rotatable bonds is 2. The number of aromatic nitrogens is 2. The summed E-state index contributed by atoms with van der Waals surface area (Å²) < 4.78 is 5.31. The maximum Gasteiger partial charge on any atom is 0.231 e. The Morgan fingerprint density at radius 1 is 1.26 bits per heavy atom. The monoisotopic (exact) mass is 309 g/mol. The second-order valence-electron chi connectivity index (χ2n) is 5.64. The number of imidazole rings is 1. The first-order valence-corrected chi connectivity index (χ1v) is 7.28. The van der Waals surface area contributed by atoms with Crippen molar-refractivity contribution in [2.24, 2.45) is 0 Å². The van der Waals surface area contributed by atoms with Crippen LogP contribution < -0.4 is 10.1 Å². The molecule has 0 saturated heterocycles. The molecule has 116 valence electrons. The average Bonchev–Trinajstić information content (AvgIpc) is 3.06. The number of fused-ring (bicyclic) bond motifs is 2. The number of phenols is 1. The summed E-state index contributed by atoms with van der Waals surface area (Å²) in [6.07, 6.45) is 0. The zero-order valence-corrected chi connectivity index (χ0v) is 12.7. The Kier molecular flexibility index (Phi) is 2.81. The lowest BCUT2D eigenvalue weighted by molar-refractivity contribution is -0.116. The minimum absolute atomic E-state index is 0.00748. The standard InChI is InChI=1S/C17H15N3O3/c1-8-11-6-13-14(7-12(11)20-17(8)22)19-16(18-13)10-4-3-9(21)5-15(10)23-2/h3-8,21H,1-2H3,(H,18,19)(H,20,22). The van der Waals surface area contributed by atoms with E-state index < -0.39 is 0 Å². The Morgan fingerprint density at radius 2 is 2.09 bits per heavy atom. The number of aromatic amines is 1. The smallest absolute Gasteiger partial charge is 0.231 e. The van der Waals surface area contributed by atoms with Crippen LogP contribution in [0.5, 0.6) is 11.5 Å². The van der Waals surface area contributed by atoms with Crippen molar-refractivity contribution in [1.29, 1.82) is 0 Å². The highest BCUT2D eigenvalue weighted by atomic mass is 16.5. The number of hydrogen-bond donors (Lipinski definition) is 3. The van der Waals surface area contributed by atoms with Gasteiger partial charge in [0.25, 0.3) is 0 Å². The molecule has 1 aliphatic heterocycles. The van der Waals surface area contributed by atoms with Crippen LogP contribution in [-0.4, -0.2) is 28.1 Å². The van der Waals surface area contributed by atoms with E-state index in [1.54, 1.807) is 25.3 Å². The van der Waals surface area contributed by atoms with Crippen molar-refractivity contribution in [1.82, 2.24) is 9.97 Å². The number of phenolic OH excluding ortho intramolecular Hbond substituents is 1. The quantitative estimate of drug-likeness (QED) is 0.679. The topological polar surface area (TPSA) is 87.2 Å². The van der Waals surface area contributed by atoms with E-state index in [-0.39, 0.29) is 17.6 Å². The lowest BCUT2D eigenvalue weighted by Gasteiger charge is -2.06. The molecule has 2 heterocycles. The molecule has 1 aliphatic rings. The van der Waals surface area contributed by atoms with Crippen LogP contribution in [0.25, 0.3) is 22.4 Å². The fraction of sp³-hybridized carbons (Fsp3) is 0.176. The van der Waals surface area contributed by atoms with Crippen LogP contribution in [-0.2, 0) is 4.79 Å². The molecule has 0 spiro atoms. The van der Waals surface area contributed by atoms with Gasteiger partial charge in [0.15, 0.2) is 0 Å². The number of amides is 1. The first-order chi connectivity index (χ1) is 11.1. The lowest BCUT2D eigenvalue weighted by Crippen LogP contribution is -2.08. The van der Waals surface area contributed by atoms with Crippen LogP contribution in [0.4, 0.5) is 5.69 Å². The summed E-state index contributed by atoms with van der Waals surface area (Å²) in [5.74, 6) is 1.17. The highest BCUT2D eigenvalue weighted by molar-refractivity contribution is 6.05. The number of anilines is 1. The SMILES string of the molecule is COc1cc(O)ccc1-c1nc2cc3c(cc2[nH]1)C(C)C(=O)N3. The van der Waals surface area contributed by atoms with Gasteiger partial charge >= 0.3 is 0 Å². The van der Waals surface area contributed by atoms with Gasteiger partial charge in [0.05, 0.1) is 29.6 Å². The van der Waals surface area contributed by atoms with E-state index in [9.17, 15) is 9.90 Å². The minimum atomic E-state index is -0.163. The second kappa shape index (κ2) is 4.74. The summed E-state index contributed by atoms with van der Waals surface area (Å²) in [6, 6.07) is 8.72. The number of aromatic hydroxyl groups is 1. The summed E-state index contributed by atoms with van der Waals surface area (Å²) in [4.78, 5) is 19.6. The van der Waals surface area contributed by atoms with E-state index >= 15 is 0 Å². The Balaban J connectivity index is 1.87. The van der Waals surface area contributed by atoms with Crippen molar-refractivity contribution in [3.05, 3.63) is 35.9 Å². The van der Waals surface area contributed by atoms with Crippen molar-refractivity contribution in [2.45, 2.75) is 12.8 Å².